The quantitative estimate of drug-likeness (QED) is 0.848. The number of aryl methyl sites for hydroxylation is 3. The second-order valence-corrected chi connectivity index (χ2v) is 9.19. The SMILES string of the molecule is Cl.Cn1ccnc1CN(Cc1nc2c(s1)CCC2)C1CC12CCNCC2. The standard InChI is InChI=1S/C19H27N5S.ClH/c1-23-10-9-21-17(23)12-24(16-11-19(16)5-7-20-8-6-19)13-18-22-14-3-2-4-15(14)25-18;/h9-10,16,20H,2-8,11-13H2,1H3;1H. The highest BCUT2D eigenvalue weighted by atomic mass is 35.5. The Hall–Kier alpha value is -0.950. The number of imidazole rings is 1. The molecule has 0 bridgehead atoms. The van der Waals surface area contributed by atoms with Crippen molar-refractivity contribution in [2.45, 2.75) is 57.7 Å². The van der Waals surface area contributed by atoms with Crippen molar-refractivity contribution < 1.29 is 0 Å². The van der Waals surface area contributed by atoms with Crippen LogP contribution in [0.3, 0.4) is 0 Å². The lowest BCUT2D eigenvalue weighted by Gasteiger charge is -2.29. The first-order chi connectivity index (χ1) is 12.2. The Morgan fingerprint density at radius 2 is 2.15 bits per heavy atom. The Morgan fingerprint density at radius 1 is 1.31 bits per heavy atom. The van der Waals surface area contributed by atoms with Gasteiger partial charge in [0, 0.05) is 30.4 Å². The second kappa shape index (κ2) is 7.23. The summed E-state index contributed by atoms with van der Waals surface area (Å²) >= 11 is 1.96. The molecular formula is C19H28ClN5S. The summed E-state index contributed by atoms with van der Waals surface area (Å²) in [6, 6.07) is 0.699. The maximum atomic E-state index is 4.96. The van der Waals surface area contributed by atoms with Crippen LogP contribution >= 0.6 is 23.7 Å². The average Bonchev–Trinajstić information content (AvgIpc) is 2.97. The highest BCUT2D eigenvalue weighted by molar-refractivity contribution is 7.11. The predicted molar refractivity (Wildman–Crippen MR) is 107 cm³/mol. The molecule has 2 aromatic heterocycles. The van der Waals surface area contributed by atoms with Gasteiger partial charge in [0.25, 0.3) is 0 Å². The number of halogens is 1. The molecule has 1 aliphatic heterocycles. The van der Waals surface area contributed by atoms with Gasteiger partial charge in [-0.3, -0.25) is 4.90 Å². The second-order valence-electron chi connectivity index (χ2n) is 8.02. The molecule has 142 valence electrons. The molecule has 1 N–H and O–H groups in total. The molecule has 5 nitrogen and oxygen atoms in total. The number of fused-ring (bicyclic) bond motifs is 1. The normalized spacial score (nSPS) is 23.2. The fourth-order valence-corrected chi connectivity index (χ4v) is 5.98. The predicted octanol–water partition coefficient (Wildman–Crippen LogP) is 2.93. The van der Waals surface area contributed by atoms with Crippen molar-refractivity contribution in [1.29, 1.82) is 0 Å². The zero-order chi connectivity index (χ0) is 16.9. The van der Waals surface area contributed by atoms with Crippen LogP contribution in [-0.4, -0.2) is 38.6 Å². The topological polar surface area (TPSA) is 46.0 Å². The van der Waals surface area contributed by atoms with Gasteiger partial charge in [0.2, 0.25) is 0 Å². The van der Waals surface area contributed by atoms with Gasteiger partial charge in [-0.2, -0.15) is 0 Å². The van der Waals surface area contributed by atoms with Gasteiger partial charge in [0.05, 0.1) is 18.8 Å². The molecule has 2 aliphatic carbocycles. The summed E-state index contributed by atoms with van der Waals surface area (Å²) in [7, 11) is 2.10. The van der Waals surface area contributed by atoms with Gasteiger partial charge in [-0.25, -0.2) is 9.97 Å². The maximum Gasteiger partial charge on any atom is 0.122 e. The van der Waals surface area contributed by atoms with E-state index in [-0.39, 0.29) is 12.4 Å². The lowest BCUT2D eigenvalue weighted by molar-refractivity contribution is 0.182. The molecule has 0 radical (unpaired) electrons. The third-order valence-electron chi connectivity index (χ3n) is 6.43. The molecule has 1 saturated carbocycles. The first-order valence-corrected chi connectivity index (χ1v) is 10.4. The zero-order valence-corrected chi connectivity index (χ0v) is 17.0. The molecule has 1 unspecified atom stereocenters. The largest absolute Gasteiger partial charge is 0.337 e. The molecule has 1 spiro atoms. The summed E-state index contributed by atoms with van der Waals surface area (Å²) in [5.74, 6) is 1.17. The first kappa shape index (κ1) is 18.4. The van der Waals surface area contributed by atoms with Crippen LogP contribution in [0.25, 0.3) is 0 Å². The number of hydrogen-bond donors (Lipinski definition) is 1. The molecule has 0 aromatic carbocycles. The van der Waals surface area contributed by atoms with E-state index in [0.29, 0.717) is 11.5 Å². The zero-order valence-electron chi connectivity index (χ0n) is 15.4. The van der Waals surface area contributed by atoms with E-state index in [0.717, 1.165) is 13.1 Å². The Bertz CT molecular complexity index is 742. The minimum Gasteiger partial charge on any atom is -0.337 e. The first-order valence-electron chi connectivity index (χ1n) is 9.62. The van der Waals surface area contributed by atoms with Crippen molar-refractivity contribution in [3.8, 4) is 0 Å². The fourth-order valence-electron chi connectivity index (χ4n) is 4.80. The van der Waals surface area contributed by atoms with Gasteiger partial charge < -0.3 is 9.88 Å². The Balaban J connectivity index is 0.00000168. The monoisotopic (exact) mass is 393 g/mol. The van der Waals surface area contributed by atoms with E-state index >= 15 is 0 Å². The summed E-state index contributed by atoms with van der Waals surface area (Å²) in [5, 5.41) is 4.84. The van der Waals surface area contributed by atoms with Gasteiger partial charge in [-0.05, 0) is 57.0 Å². The van der Waals surface area contributed by atoms with Crippen LogP contribution in [0, 0.1) is 5.41 Å². The van der Waals surface area contributed by atoms with Crippen molar-refractivity contribution in [2.75, 3.05) is 13.1 Å². The molecule has 2 fully saturated rings. The van der Waals surface area contributed by atoms with E-state index in [1.54, 1.807) is 4.88 Å². The molecular weight excluding hydrogens is 366 g/mol. The van der Waals surface area contributed by atoms with Gasteiger partial charge in [0.15, 0.2) is 0 Å². The molecule has 1 saturated heterocycles. The number of nitrogens with one attached hydrogen (secondary N) is 1. The maximum absolute atomic E-state index is 4.96. The minimum absolute atomic E-state index is 0. The summed E-state index contributed by atoms with van der Waals surface area (Å²) in [6.07, 6.45) is 11.7. The van der Waals surface area contributed by atoms with Gasteiger partial charge in [-0.1, -0.05) is 0 Å². The van der Waals surface area contributed by atoms with E-state index in [1.807, 2.05) is 17.5 Å². The van der Waals surface area contributed by atoms with E-state index in [1.165, 1.54) is 68.1 Å². The van der Waals surface area contributed by atoms with Gasteiger partial charge >= 0.3 is 0 Å². The Kier molecular flexibility index (Phi) is 5.12. The summed E-state index contributed by atoms with van der Waals surface area (Å²) in [5.41, 5.74) is 1.93. The summed E-state index contributed by atoms with van der Waals surface area (Å²) in [4.78, 5) is 13.8. The lowest BCUT2D eigenvalue weighted by Crippen LogP contribution is -2.36. The Labute approximate surface area is 165 Å². The van der Waals surface area contributed by atoms with E-state index in [2.05, 4.69) is 33.0 Å². The molecule has 7 heteroatoms. The van der Waals surface area contributed by atoms with Crippen LogP contribution in [0.2, 0.25) is 0 Å². The molecule has 26 heavy (non-hydrogen) atoms. The third-order valence-corrected chi connectivity index (χ3v) is 7.57. The number of thiazole rings is 1. The van der Waals surface area contributed by atoms with Crippen LogP contribution in [0.15, 0.2) is 12.4 Å². The number of rotatable bonds is 5. The number of nitrogens with zero attached hydrogens (tertiary/aromatic N) is 4. The summed E-state index contributed by atoms with van der Waals surface area (Å²) < 4.78 is 2.16. The molecule has 5 rings (SSSR count). The lowest BCUT2D eigenvalue weighted by atomic mass is 9.93. The van der Waals surface area contributed by atoms with Crippen molar-refractivity contribution >= 4 is 23.7 Å². The third kappa shape index (κ3) is 3.33. The smallest absolute Gasteiger partial charge is 0.122 e. The fraction of sp³-hybridized carbons (Fsp3) is 0.684. The van der Waals surface area contributed by atoms with Crippen LogP contribution in [0.5, 0.6) is 0 Å². The van der Waals surface area contributed by atoms with Crippen molar-refractivity contribution in [1.82, 2.24) is 24.8 Å². The summed E-state index contributed by atoms with van der Waals surface area (Å²) in [6.45, 7) is 4.29. The van der Waals surface area contributed by atoms with Crippen molar-refractivity contribution in [3.05, 3.63) is 33.8 Å². The average molecular weight is 394 g/mol. The highest BCUT2D eigenvalue weighted by Crippen LogP contribution is 2.56. The van der Waals surface area contributed by atoms with Crippen LogP contribution in [0.1, 0.15) is 47.1 Å². The van der Waals surface area contributed by atoms with Gasteiger partial charge in [-0.15, -0.1) is 23.7 Å². The van der Waals surface area contributed by atoms with Crippen molar-refractivity contribution in [2.24, 2.45) is 12.5 Å². The molecule has 1 atom stereocenters. The van der Waals surface area contributed by atoms with Crippen LogP contribution in [0.4, 0.5) is 0 Å². The van der Waals surface area contributed by atoms with Crippen LogP contribution < -0.4 is 5.32 Å². The number of piperidine rings is 1. The minimum atomic E-state index is 0. The van der Waals surface area contributed by atoms with Crippen molar-refractivity contribution in [3.63, 3.8) is 0 Å². The van der Waals surface area contributed by atoms with E-state index < -0.39 is 0 Å². The molecule has 2 aromatic rings. The highest BCUT2D eigenvalue weighted by Gasteiger charge is 2.56. The molecule has 0 amide bonds. The van der Waals surface area contributed by atoms with E-state index in [4.69, 9.17) is 4.98 Å². The number of aromatic nitrogens is 3. The number of hydrogen-bond acceptors (Lipinski definition) is 5. The van der Waals surface area contributed by atoms with E-state index in [9.17, 15) is 0 Å². The van der Waals surface area contributed by atoms with Crippen LogP contribution in [-0.2, 0) is 33.0 Å². The Morgan fingerprint density at radius 3 is 2.88 bits per heavy atom. The van der Waals surface area contributed by atoms with Gasteiger partial charge in [0.1, 0.15) is 10.8 Å². The molecule has 3 heterocycles. The molecule has 3 aliphatic rings.